The Balaban J connectivity index is 1.66. The monoisotopic (exact) mass is 416 g/mol. The summed E-state index contributed by atoms with van der Waals surface area (Å²) in [5.41, 5.74) is 4.24. The van der Waals surface area contributed by atoms with Crippen LogP contribution in [0.25, 0.3) is 27.8 Å². The molecule has 1 fully saturated rings. The zero-order valence-corrected chi connectivity index (χ0v) is 17.6. The molecule has 2 aromatic carbocycles. The molecule has 0 bridgehead atoms. The van der Waals surface area contributed by atoms with Crippen LogP contribution in [-0.2, 0) is 0 Å². The molecule has 4 nitrogen and oxygen atoms in total. The third-order valence-corrected chi connectivity index (χ3v) is 6.22. The highest BCUT2D eigenvalue weighted by Crippen LogP contribution is 2.36. The van der Waals surface area contributed by atoms with Gasteiger partial charge in [-0.15, -0.1) is 0 Å². The van der Waals surface area contributed by atoms with Gasteiger partial charge < -0.3 is 9.88 Å². The Kier molecular flexibility index (Phi) is 5.41. The minimum Gasteiger partial charge on any atom is -0.367 e. The van der Waals surface area contributed by atoms with Crippen LogP contribution < -0.4 is 5.32 Å². The summed E-state index contributed by atoms with van der Waals surface area (Å²) < 4.78 is 2.13. The lowest BCUT2D eigenvalue weighted by Crippen LogP contribution is -2.19. The van der Waals surface area contributed by atoms with Crippen molar-refractivity contribution < 1.29 is 0 Å². The molecule has 1 aliphatic carbocycles. The molecule has 2 aromatic heterocycles. The summed E-state index contributed by atoms with van der Waals surface area (Å²) in [4.78, 5) is 9.36. The molecule has 0 saturated heterocycles. The van der Waals surface area contributed by atoms with Gasteiger partial charge in [-0.3, -0.25) is 0 Å². The maximum Gasteiger partial charge on any atom is 0.150 e. The Morgan fingerprint density at radius 1 is 0.867 bits per heavy atom. The van der Waals surface area contributed by atoms with E-state index in [0.29, 0.717) is 6.04 Å². The molecule has 30 heavy (non-hydrogen) atoms. The van der Waals surface area contributed by atoms with Crippen LogP contribution in [0.2, 0.25) is 5.02 Å². The summed E-state index contributed by atoms with van der Waals surface area (Å²) in [5, 5.41) is 5.56. The number of halogens is 1. The SMILES string of the molecule is Clc1ccc(-n2cc(-c3ccccc3)c3c(NC4CCCCCC4)ncnc32)cc1. The van der Waals surface area contributed by atoms with Crippen LogP contribution in [0.15, 0.2) is 67.1 Å². The number of hydrogen-bond donors (Lipinski definition) is 1. The number of nitrogens with one attached hydrogen (secondary N) is 1. The fourth-order valence-corrected chi connectivity index (χ4v) is 4.55. The third-order valence-electron chi connectivity index (χ3n) is 5.97. The first-order valence-corrected chi connectivity index (χ1v) is 11.1. The third kappa shape index (κ3) is 3.80. The summed E-state index contributed by atoms with van der Waals surface area (Å²) in [6, 6.07) is 18.8. The van der Waals surface area contributed by atoms with Crippen molar-refractivity contribution in [2.24, 2.45) is 0 Å². The topological polar surface area (TPSA) is 42.7 Å². The Morgan fingerprint density at radius 2 is 1.60 bits per heavy atom. The Hall–Kier alpha value is -2.85. The number of rotatable bonds is 4. The number of nitrogens with zero attached hydrogens (tertiary/aromatic N) is 3. The van der Waals surface area contributed by atoms with Crippen molar-refractivity contribution in [2.75, 3.05) is 5.32 Å². The first kappa shape index (κ1) is 19.1. The van der Waals surface area contributed by atoms with E-state index in [0.717, 1.165) is 38.7 Å². The van der Waals surface area contributed by atoms with E-state index in [-0.39, 0.29) is 0 Å². The predicted molar refractivity (Wildman–Crippen MR) is 124 cm³/mol. The van der Waals surface area contributed by atoms with Crippen LogP contribution in [0.5, 0.6) is 0 Å². The number of fused-ring (bicyclic) bond motifs is 1. The highest BCUT2D eigenvalue weighted by molar-refractivity contribution is 6.30. The molecule has 1 saturated carbocycles. The van der Waals surface area contributed by atoms with Crippen LogP contribution >= 0.6 is 11.6 Å². The minimum absolute atomic E-state index is 0.466. The van der Waals surface area contributed by atoms with Gasteiger partial charge in [-0.2, -0.15) is 0 Å². The van der Waals surface area contributed by atoms with Gasteiger partial charge in [-0.05, 0) is 42.7 Å². The van der Waals surface area contributed by atoms with Crippen LogP contribution in [0.4, 0.5) is 5.82 Å². The molecule has 5 heteroatoms. The van der Waals surface area contributed by atoms with E-state index in [1.165, 1.54) is 38.5 Å². The molecule has 2 heterocycles. The van der Waals surface area contributed by atoms with Gasteiger partial charge >= 0.3 is 0 Å². The van der Waals surface area contributed by atoms with Crippen molar-refractivity contribution >= 4 is 28.5 Å². The molecular formula is C25H25ClN4. The molecule has 0 radical (unpaired) electrons. The quantitative estimate of drug-likeness (QED) is 0.369. The van der Waals surface area contributed by atoms with E-state index >= 15 is 0 Å². The standard InChI is InChI=1S/C25H25ClN4/c26-19-12-14-21(15-13-19)30-16-22(18-8-4-3-5-9-18)23-24(27-17-28-25(23)30)29-20-10-6-1-2-7-11-20/h3-5,8-9,12-17,20H,1-2,6-7,10-11H2,(H,27,28,29). The molecule has 5 rings (SSSR count). The van der Waals surface area contributed by atoms with Crippen molar-refractivity contribution in [1.29, 1.82) is 0 Å². The highest BCUT2D eigenvalue weighted by atomic mass is 35.5. The van der Waals surface area contributed by atoms with E-state index in [1.54, 1.807) is 6.33 Å². The summed E-state index contributed by atoms with van der Waals surface area (Å²) in [6.45, 7) is 0. The van der Waals surface area contributed by atoms with Gasteiger partial charge in [0.05, 0.1) is 5.39 Å². The average Bonchev–Trinajstić information content (AvgIpc) is 2.99. The minimum atomic E-state index is 0.466. The summed E-state index contributed by atoms with van der Waals surface area (Å²) in [6.07, 6.45) is 11.5. The first-order chi connectivity index (χ1) is 14.8. The van der Waals surface area contributed by atoms with Gasteiger partial charge in [0.2, 0.25) is 0 Å². The molecular weight excluding hydrogens is 392 g/mol. The van der Waals surface area contributed by atoms with Crippen LogP contribution in [0.3, 0.4) is 0 Å². The number of aromatic nitrogens is 3. The fourth-order valence-electron chi connectivity index (χ4n) is 4.42. The normalized spacial score (nSPS) is 15.2. The first-order valence-electron chi connectivity index (χ1n) is 10.7. The highest BCUT2D eigenvalue weighted by Gasteiger charge is 2.20. The van der Waals surface area contributed by atoms with Gasteiger partial charge in [0.15, 0.2) is 5.65 Å². The van der Waals surface area contributed by atoms with Crippen LogP contribution in [0.1, 0.15) is 38.5 Å². The largest absolute Gasteiger partial charge is 0.367 e. The Bertz CT molecular complexity index is 1130. The lowest BCUT2D eigenvalue weighted by Gasteiger charge is -2.18. The molecule has 1 aliphatic rings. The van der Waals surface area contributed by atoms with Crippen LogP contribution in [-0.4, -0.2) is 20.6 Å². The zero-order chi connectivity index (χ0) is 20.3. The lowest BCUT2D eigenvalue weighted by molar-refractivity contribution is 0.618. The van der Waals surface area contributed by atoms with E-state index in [2.05, 4.69) is 50.3 Å². The lowest BCUT2D eigenvalue weighted by atomic mass is 10.1. The summed E-state index contributed by atoms with van der Waals surface area (Å²) in [7, 11) is 0. The second-order valence-electron chi connectivity index (χ2n) is 8.01. The van der Waals surface area contributed by atoms with Crippen molar-refractivity contribution in [3.05, 3.63) is 72.1 Å². The predicted octanol–water partition coefficient (Wildman–Crippen LogP) is 6.88. The van der Waals surface area contributed by atoms with E-state index in [9.17, 15) is 0 Å². The van der Waals surface area contributed by atoms with E-state index < -0.39 is 0 Å². The molecule has 0 unspecified atom stereocenters. The fraction of sp³-hybridized carbons (Fsp3) is 0.280. The van der Waals surface area contributed by atoms with Crippen molar-refractivity contribution in [3.8, 4) is 16.8 Å². The number of benzene rings is 2. The molecule has 1 N–H and O–H groups in total. The molecule has 0 aliphatic heterocycles. The number of hydrogen-bond acceptors (Lipinski definition) is 3. The second kappa shape index (κ2) is 8.49. The van der Waals surface area contributed by atoms with Crippen molar-refractivity contribution in [2.45, 2.75) is 44.6 Å². The maximum atomic E-state index is 6.12. The van der Waals surface area contributed by atoms with E-state index in [4.69, 9.17) is 11.6 Å². The van der Waals surface area contributed by atoms with Crippen molar-refractivity contribution in [3.63, 3.8) is 0 Å². The van der Waals surface area contributed by atoms with E-state index in [1.807, 2.05) is 30.3 Å². The Labute approximate surface area is 181 Å². The van der Waals surface area contributed by atoms with Crippen LogP contribution in [0, 0.1) is 0 Å². The van der Waals surface area contributed by atoms with Gasteiger partial charge in [0.25, 0.3) is 0 Å². The van der Waals surface area contributed by atoms with Gasteiger partial charge in [0, 0.05) is 28.5 Å². The molecule has 0 spiro atoms. The van der Waals surface area contributed by atoms with Crippen molar-refractivity contribution in [1.82, 2.24) is 14.5 Å². The Morgan fingerprint density at radius 3 is 2.33 bits per heavy atom. The molecule has 152 valence electrons. The smallest absolute Gasteiger partial charge is 0.150 e. The summed E-state index contributed by atoms with van der Waals surface area (Å²) in [5.74, 6) is 0.929. The average molecular weight is 417 g/mol. The molecule has 0 atom stereocenters. The summed E-state index contributed by atoms with van der Waals surface area (Å²) >= 11 is 6.12. The van der Waals surface area contributed by atoms with Gasteiger partial charge in [0.1, 0.15) is 12.1 Å². The maximum absolute atomic E-state index is 6.12. The second-order valence-corrected chi connectivity index (χ2v) is 8.45. The molecule has 0 amide bonds. The number of anilines is 1. The molecule has 4 aromatic rings. The zero-order valence-electron chi connectivity index (χ0n) is 16.9. The van der Waals surface area contributed by atoms with Gasteiger partial charge in [-0.25, -0.2) is 9.97 Å². The van der Waals surface area contributed by atoms with Gasteiger partial charge in [-0.1, -0.05) is 67.6 Å².